The third-order valence-electron chi connectivity index (χ3n) is 1.86. The Labute approximate surface area is 85.9 Å². The Balaban J connectivity index is 2.51. The highest BCUT2D eigenvalue weighted by atomic mass is 35.5. The van der Waals surface area contributed by atoms with Gasteiger partial charge in [0, 0.05) is 5.02 Å². The van der Waals surface area contributed by atoms with E-state index in [9.17, 15) is 0 Å². The van der Waals surface area contributed by atoms with Crippen molar-refractivity contribution < 1.29 is 0 Å². The maximum atomic E-state index is 5.79. The number of hydrogen-bond donors (Lipinski definition) is 0. The molecule has 1 aromatic rings. The van der Waals surface area contributed by atoms with Crippen LogP contribution in [0.3, 0.4) is 0 Å². The monoisotopic (exact) mass is 195 g/mol. The van der Waals surface area contributed by atoms with Crippen molar-refractivity contribution in [3.8, 4) is 0 Å². The second-order valence-electron chi connectivity index (χ2n) is 4.40. The molecule has 0 amide bonds. The molecule has 0 saturated carbocycles. The van der Waals surface area contributed by atoms with Crippen LogP contribution in [0.1, 0.15) is 26.3 Å². The molecule has 1 aromatic carbocycles. The van der Waals surface area contributed by atoms with Crippen LogP contribution in [0.4, 0.5) is 0 Å². The summed E-state index contributed by atoms with van der Waals surface area (Å²) >= 11 is 5.79. The minimum absolute atomic E-state index is 0.291. The lowest BCUT2D eigenvalue weighted by atomic mass is 9.89. The van der Waals surface area contributed by atoms with E-state index >= 15 is 0 Å². The van der Waals surface area contributed by atoms with Gasteiger partial charge in [0.05, 0.1) is 0 Å². The second-order valence-corrected chi connectivity index (χ2v) is 4.84. The first-order chi connectivity index (χ1) is 5.97. The summed E-state index contributed by atoms with van der Waals surface area (Å²) < 4.78 is 0. The van der Waals surface area contributed by atoms with Gasteiger partial charge in [-0.05, 0) is 36.0 Å². The summed E-state index contributed by atoms with van der Waals surface area (Å²) in [5.41, 5.74) is 1.61. The number of benzene rings is 1. The van der Waals surface area contributed by atoms with E-state index in [0.29, 0.717) is 5.41 Å². The summed E-state index contributed by atoms with van der Waals surface area (Å²) in [7, 11) is 0. The van der Waals surface area contributed by atoms with Crippen molar-refractivity contribution in [3.05, 3.63) is 41.3 Å². The van der Waals surface area contributed by atoms with Gasteiger partial charge < -0.3 is 0 Å². The van der Waals surface area contributed by atoms with Crippen LogP contribution in [0.15, 0.2) is 24.3 Å². The lowest BCUT2D eigenvalue weighted by Gasteiger charge is -2.17. The van der Waals surface area contributed by atoms with Crippen LogP contribution in [0.5, 0.6) is 0 Å². The smallest absolute Gasteiger partial charge is 0.0406 e. The Morgan fingerprint density at radius 1 is 1.15 bits per heavy atom. The van der Waals surface area contributed by atoms with E-state index in [1.165, 1.54) is 5.56 Å². The van der Waals surface area contributed by atoms with E-state index in [4.69, 9.17) is 11.6 Å². The first-order valence-corrected chi connectivity index (χ1v) is 4.94. The predicted molar refractivity (Wildman–Crippen MR) is 58.9 cm³/mol. The van der Waals surface area contributed by atoms with Crippen molar-refractivity contribution in [1.29, 1.82) is 0 Å². The minimum Gasteiger partial charge on any atom is -0.0843 e. The maximum Gasteiger partial charge on any atom is 0.0406 e. The number of rotatable bonds is 2. The molecule has 0 aliphatic rings. The standard InChI is InChI=1S/C12H16Cl/c1-12(2,3)9-8-10-4-6-11(13)7-5-10/h4-7,9H,8H2,1-3H3. The fourth-order valence-electron chi connectivity index (χ4n) is 1.04. The van der Waals surface area contributed by atoms with Crippen LogP contribution in [0.25, 0.3) is 0 Å². The van der Waals surface area contributed by atoms with E-state index in [1.54, 1.807) is 0 Å². The maximum absolute atomic E-state index is 5.79. The van der Waals surface area contributed by atoms with Gasteiger partial charge >= 0.3 is 0 Å². The summed E-state index contributed by atoms with van der Waals surface area (Å²) in [5, 5.41) is 0.805. The molecule has 71 valence electrons. The molecule has 0 bridgehead atoms. The summed E-state index contributed by atoms with van der Waals surface area (Å²) in [6.45, 7) is 6.63. The zero-order valence-electron chi connectivity index (χ0n) is 8.47. The Kier molecular flexibility index (Phi) is 3.38. The highest BCUT2D eigenvalue weighted by Crippen LogP contribution is 2.20. The largest absolute Gasteiger partial charge is 0.0843 e. The Morgan fingerprint density at radius 2 is 1.69 bits per heavy atom. The fraction of sp³-hybridized carbons (Fsp3) is 0.417. The van der Waals surface area contributed by atoms with Crippen molar-refractivity contribution in [2.45, 2.75) is 27.2 Å². The van der Waals surface area contributed by atoms with Crippen LogP contribution in [0, 0.1) is 11.8 Å². The highest BCUT2D eigenvalue weighted by molar-refractivity contribution is 6.30. The van der Waals surface area contributed by atoms with Crippen LogP contribution in [-0.2, 0) is 6.42 Å². The van der Waals surface area contributed by atoms with Crippen LogP contribution in [-0.4, -0.2) is 0 Å². The molecule has 0 N–H and O–H groups in total. The van der Waals surface area contributed by atoms with Gasteiger partial charge in [0.25, 0.3) is 0 Å². The molecule has 0 heterocycles. The molecule has 13 heavy (non-hydrogen) atoms. The SMILES string of the molecule is CC(C)(C)[CH]Cc1ccc(Cl)cc1. The van der Waals surface area contributed by atoms with Gasteiger partial charge in [-0.15, -0.1) is 0 Å². The molecular formula is C12H16Cl. The molecule has 0 aliphatic heterocycles. The molecule has 1 radical (unpaired) electrons. The molecule has 0 nitrogen and oxygen atoms in total. The van der Waals surface area contributed by atoms with Gasteiger partial charge in [0.15, 0.2) is 0 Å². The lowest BCUT2D eigenvalue weighted by molar-refractivity contribution is 0.483. The first kappa shape index (κ1) is 10.6. The van der Waals surface area contributed by atoms with Gasteiger partial charge in [-0.3, -0.25) is 0 Å². The first-order valence-electron chi connectivity index (χ1n) is 4.56. The summed E-state index contributed by atoms with van der Waals surface area (Å²) in [5.74, 6) is 0. The zero-order chi connectivity index (χ0) is 9.90. The molecule has 0 aliphatic carbocycles. The topological polar surface area (TPSA) is 0 Å². The predicted octanol–water partition coefficient (Wildman–Crippen LogP) is 4.13. The quantitative estimate of drug-likeness (QED) is 0.666. The molecule has 0 unspecified atom stereocenters. The van der Waals surface area contributed by atoms with E-state index in [2.05, 4.69) is 39.3 Å². The van der Waals surface area contributed by atoms with Crippen molar-refractivity contribution >= 4 is 11.6 Å². The van der Waals surface area contributed by atoms with Crippen LogP contribution in [0.2, 0.25) is 5.02 Å². The number of hydrogen-bond acceptors (Lipinski definition) is 0. The Morgan fingerprint density at radius 3 is 2.15 bits per heavy atom. The third-order valence-corrected chi connectivity index (χ3v) is 2.12. The third kappa shape index (κ3) is 4.33. The second kappa shape index (κ2) is 4.15. The van der Waals surface area contributed by atoms with Gasteiger partial charge in [-0.1, -0.05) is 44.5 Å². The summed E-state index contributed by atoms with van der Waals surface area (Å²) in [6, 6.07) is 8.02. The highest BCUT2D eigenvalue weighted by Gasteiger charge is 2.09. The van der Waals surface area contributed by atoms with Gasteiger partial charge in [0.2, 0.25) is 0 Å². The van der Waals surface area contributed by atoms with Gasteiger partial charge in [0.1, 0.15) is 0 Å². The normalized spacial score (nSPS) is 11.7. The van der Waals surface area contributed by atoms with Gasteiger partial charge in [-0.2, -0.15) is 0 Å². The molecule has 0 saturated heterocycles. The lowest BCUT2D eigenvalue weighted by Crippen LogP contribution is -2.07. The minimum atomic E-state index is 0.291. The molecule has 0 fully saturated rings. The summed E-state index contributed by atoms with van der Waals surface area (Å²) in [4.78, 5) is 0. The zero-order valence-corrected chi connectivity index (χ0v) is 9.23. The molecule has 0 spiro atoms. The van der Waals surface area contributed by atoms with Crippen molar-refractivity contribution in [2.24, 2.45) is 5.41 Å². The van der Waals surface area contributed by atoms with E-state index in [-0.39, 0.29) is 0 Å². The molecule has 1 heteroatoms. The van der Waals surface area contributed by atoms with Crippen LogP contribution < -0.4 is 0 Å². The van der Waals surface area contributed by atoms with Gasteiger partial charge in [-0.25, -0.2) is 0 Å². The van der Waals surface area contributed by atoms with E-state index < -0.39 is 0 Å². The Bertz CT molecular complexity index is 253. The fourth-order valence-corrected chi connectivity index (χ4v) is 1.17. The van der Waals surface area contributed by atoms with Crippen LogP contribution >= 0.6 is 11.6 Å². The van der Waals surface area contributed by atoms with E-state index in [0.717, 1.165) is 11.4 Å². The molecular weight excluding hydrogens is 180 g/mol. The molecule has 1 rings (SSSR count). The Hall–Kier alpha value is -0.490. The average Bonchev–Trinajstić information content (AvgIpc) is 2.02. The van der Waals surface area contributed by atoms with Crippen molar-refractivity contribution in [3.63, 3.8) is 0 Å². The van der Waals surface area contributed by atoms with Crippen molar-refractivity contribution in [2.75, 3.05) is 0 Å². The average molecular weight is 196 g/mol. The molecule has 0 atom stereocenters. The molecule has 0 aromatic heterocycles. The number of halogens is 1. The summed E-state index contributed by atoms with van der Waals surface area (Å²) in [6.07, 6.45) is 3.33. The van der Waals surface area contributed by atoms with E-state index in [1.807, 2.05) is 12.1 Å². The van der Waals surface area contributed by atoms with Crippen molar-refractivity contribution in [1.82, 2.24) is 0 Å².